The van der Waals surface area contributed by atoms with E-state index in [2.05, 4.69) is 0 Å². The van der Waals surface area contributed by atoms with Crippen molar-refractivity contribution in [1.82, 2.24) is 4.31 Å². The Hall–Kier alpha value is -2.72. The van der Waals surface area contributed by atoms with Gasteiger partial charge in [-0.15, -0.1) is 0 Å². The molecule has 10 heteroatoms. The first kappa shape index (κ1) is 20.0. The Morgan fingerprint density at radius 3 is 2.32 bits per heavy atom. The number of hydrogen-bond donors (Lipinski definition) is 0. The number of hydrogen-bond acceptors (Lipinski definition) is 6. The van der Waals surface area contributed by atoms with Crippen molar-refractivity contribution in [3.8, 4) is 5.75 Å². The Kier molecular flexibility index (Phi) is 5.80. The molecule has 0 aromatic heterocycles. The average molecular weight is 409 g/mol. The van der Waals surface area contributed by atoms with Crippen LogP contribution in [0.1, 0.15) is 6.92 Å². The largest absolute Gasteiger partial charge is 0.494 e. The zero-order chi connectivity index (χ0) is 20.3. The summed E-state index contributed by atoms with van der Waals surface area (Å²) in [5.74, 6) is -0.0953. The molecule has 0 atom stereocenters. The normalized spacial score (nSPS) is 15.4. The number of nitro groups is 1. The van der Waals surface area contributed by atoms with Gasteiger partial charge in [0, 0.05) is 26.2 Å². The summed E-state index contributed by atoms with van der Waals surface area (Å²) >= 11 is 0. The Bertz CT molecular complexity index is 958. The van der Waals surface area contributed by atoms with E-state index < -0.39 is 20.8 Å². The molecule has 1 saturated heterocycles. The average Bonchev–Trinajstić information content (AvgIpc) is 2.69. The first-order valence-corrected chi connectivity index (χ1v) is 10.2. The minimum atomic E-state index is -3.68. The van der Waals surface area contributed by atoms with Crippen LogP contribution in [-0.2, 0) is 10.0 Å². The van der Waals surface area contributed by atoms with Crippen LogP contribution < -0.4 is 9.64 Å². The summed E-state index contributed by atoms with van der Waals surface area (Å²) in [5, 5.41) is 11.2. The summed E-state index contributed by atoms with van der Waals surface area (Å²) in [6.07, 6.45) is 0. The standard InChI is InChI=1S/C18H20FN3O5S/c1-2-27-15-4-6-16(7-5-15)28(25,26)21-11-9-20(10-12-21)17-8-3-14(19)13-18(17)22(23)24/h3-8,13H,2,9-12H2,1H3. The van der Waals surface area contributed by atoms with E-state index in [4.69, 9.17) is 4.74 Å². The van der Waals surface area contributed by atoms with E-state index in [1.165, 1.54) is 22.5 Å². The molecule has 28 heavy (non-hydrogen) atoms. The molecule has 1 fully saturated rings. The van der Waals surface area contributed by atoms with Gasteiger partial charge in [-0.1, -0.05) is 0 Å². The van der Waals surface area contributed by atoms with E-state index in [-0.39, 0.29) is 42.4 Å². The molecule has 3 rings (SSSR count). The van der Waals surface area contributed by atoms with Crippen molar-refractivity contribution in [3.63, 3.8) is 0 Å². The predicted octanol–water partition coefficient (Wildman–Crippen LogP) is 2.64. The third-order valence-corrected chi connectivity index (χ3v) is 6.40. The van der Waals surface area contributed by atoms with E-state index in [0.717, 1.165) is 12.1 Å². The molecule has 150 valence electrons. The molecule has 8 nitrogen and oxygen atoms in total. The fourth-order valence-corrected chi connectivity index (χ4v) is 4.53. The third-order valence-electron chi connectivity index (χ3n) is 4.49. The zero-order valence-corrected chi connectivity index (χ0v) is 16.1. The lowest BCUT2D eigenvalue weighted by molar-refractivity contribution is -0.384. The lowest BCUT2D eigenvalue weighted by Crippen LogP contribution is -2.48. The molecule has 0 radical (unpaired) electrons. The highest BCUT2D eigenvalue weighted by atomic mass is 32.2. The quantitative estimate of drug-likeness (QED) is 0.538. The number of nitrogens with zero attached hydrogens (tertiary/aromatic N) is 3. The smallest absolute Gasteiger partial charge is 0.295 e. The van der Waals surface area contributed by atoms with Gasteiger partial charge in [-0.3, -0.25) is 10.1 Å². The second kappa shape index (κ2) is 8.11. The highest BCUT2D eigenvalue weighted by molar-refractivity contribution is 7.89. The molecular formula is C18H20FN3O5S. The SMILES string of the molecule is CCOc1ccc(S(=O)(=O)N2CCN(c3ccc(F)cc3[N+](=O)[O-])CC2)cc1. The van der Waals surface area contributed by atoms with Gasteiger partial charge in [0.1, 0.15) is 17.3 Å². The molecule has 0 amide bonds. The minimum absolute atomic E-state index is 0.164. The van der Waals surface area contributed by atoms with Crippen LogP contribution in [0.3, 0.4) is 0 Å². The minimum Gasteiger partial charge on any atom is -0.494 e. The highest BCUT2D eigenvalue weighted by Gasteiger charge is 2.30. The summed E-state index contributed by atoms with van der Waals surface area (Å²) in [6, 6.07) is 9.59. The van der Waals surface area contributed by atoms with E-state index in [1.54, 1.807) is 17.0 Å². The Morgan fingerprint density at radius 1 is 1.11 bits per heavy atom. The van der Waals surface area contributed by atoms with Crippen LogP contribution in [-0.4, -0.2) is 50.4 Å². The van der Waals surface area contributed by atoms with Crippen LogP contribution in [0.4, 0.5) is 15.8 Å². The zero-order valence-electron chi connectivity index (χ0n) is 15.2. The fraction of sp³-hybridized carbons (Fsp3) is 0.333. The van der Waals surface area contributed by atoms with Gasteiger partial charge < -0.3 is 9.64 Å². The number of benzene rings is 2. The Morgan fingerprint density at radius 2 is 1.75 bits per heavy atom. The van der Waals surface area contributed by atoms with Gasteiger partial charge in [-0.05, 0) is 43.3 Å². The summed E-state index contributed by atoms with van der Waals surface area (Å²) in [4.78, 5) is 12.4. The van der Waals surface area contributed by atoms with Crippen LogP contribution in [0, 0.1) is 15.9 Å². The fourth-order valence-electron chi connectivity index (χ4n) is 3.10. The molecule has 1 aliphatic heterocycles. The number of sulfonamides is 1. The molecule has 0 spiro atoms. The number of nitro benzene ring substituents is 1. The van der Waals surface area contributed by atoms with Crippen molar-refractivity contribution < 1.29 is 22.5 Å². The van der Waals surface area contributed by atoms with E-state index in [0.29, 0.717) is 12.4 Å². The maximum atomic E-state index is 13.3. The van der Waals surface area contributed by atoms with Crippen LogP contribution >= 0.6 is 0 Å². The Labute approximate surface area is 162 Å². The number of halogens is 1. The van der Waals surface area contributed by atoms with Crippen LogP contribution in [0.25, 0.3) is 0 Å². The maximum absolute atomic E-state index is 13.3. The molecule has 1 heterocycles. The summed E-state index contributed by atoms with van der Waals surface area (Å²) in [7, 11) is -3.68. The second-order valence-corrected chi connectivity index (χ2v) is 8.12. The van der Waals surface area contributed by atoms with Crippen molar-refractivity contribution in [1.29, 1.82) is 0 Å². The van der Waals surface area contributed by atoms with Crippen molar-refractivity contribution in [3.05, 3.63) is 58.4 Å². The second-order valence-electron chi connectivity index (χ2n) is 6.19. The maximum Gasteiger partial charge on any atom is 0.295 e. The van der Waals surface area contributed by atoms with E-state index in [1.807, 2.05) is 6.92 Å². The van der Waals surface area contributed by atoms with Gasteiger partial charge in [0.25, 0.3) is 5.69 Å². The summed E-state index contributed by atoms with van der Waals surface area (Å²) in [6.45, 7) is 3.21. The molecule has 2 aromatic carbocycles. The molecule has 0 unspecified atom stereocenters. The van der Waals surface area contributed by atoms with Crippen molar-refractivity contribution in [2.45, 2.75) is 11.8 Å². The predicted molar refractivity (Wildman–Crippen MR) is 102 cm³/mol. The molecule has 0 bridgehead atoms. The van der Waals surface area contributed by atoms with Gasteiger partial charge >= 0.3 is 0 Å². The van der Waals surface area contributed by atoms with Gasteiger partial charge in [0.05, 0.1) is 22.5 Å². The number of rotatable bonds is 6. The number of ether oxygens (including phenoxy) is 1. The molecule has 1 aliphatic rings. The third kappa shape index (κ3) is 4.07. The first-order valence-electron chi connectivity index (χ1n) is 8.75. The van der Waals surface area contributed by atoms with Gasteiger partial charge in [0.15, 0.2) is 0 Å². The van der Waals surface area contributed by atoms with Crippen molar-refractivity contribution in [2.75, 3.05) is 37.7 Å². The topological polar surface area (TPSA) is 93.0 Å². The van der Waals surface area contributed by atoms with E-state index in [9.17, 15) is 22.9 Å². The monoisotopic (exact) mass is 409 g/mol. The number of anilines is 1. The van der Waals surface area contributed by atoms with Gasteiger partial charge in [-0.25, -0.2) is 12.8 Å². The molecule has 0 saturated carbocycles. The van der Waals surface area contributed by atoms with Crippen LogP contribution in [0.5, 0.6) is 5.75 Å². The van der Waals surface area contributed by atoms with Crippen LogP contribution in [0.2, 0.25) is 0 Å². The molecular weight excluding hydrogens is 389 g/mol. The Balaban J connectivity index is 1.74. The van der Waals surface area contributed by atoms with Gasteiger partial charge in [0.2, 0.25) is 10.0 Å². The van der Waals surface area contributed by atoms with Crippen molar-refractivity contribution >= 4 is 21.4 Å². The molecule has 0 aliphatic carbocycles. The first-order chi connectivity index (χ1) is 13.3. The number of piperazine rings is 1. The van der Waals surface area contributed by atoms with Crippen molar-refractivity contribution in [2.24, 2.45) is 0 Å². The van der Waals surface area contributed by atoms with E-state index >= 15 is 0 Å². The molecule has 2 aromatic rings. The lowest BCUT2D eigenvalue weighted by Gasteiger charge is -2.35. The molecule has 0 N–H and O–H groups in total. The van der Waals surface area contributed by atoms with Gasteiger partial charge in [-0.2, -0.15) is 4.31 Å². The van der Waals surface area contributed by atoms with Crippen LogP contribution in [0.15, 0.2) is 47.4 Å². The summed E-state index contributed by atoms with van der Waals surface area (Å²) < 4.78 is 45.7. The highest BCUT2D eigenvalue weighted by Crippen LogP contribution is 2.30. The summed E-state index contributed by atoms with van der Waals surface area (Å²) in [5.41, 5.74) is -0.0488. The lowest BCUT2D eigenvalue weighted by atomic mass is 10.2.